The lowest BCUT2D eigenvalue weighted by Gasteiger charge is -2.42. The molecule has 5 unspecified atom stereocenters. The van der Waals surface area contributed by atoms with E-state index >= 15 is 0 Å². The monoisotopic (exact) mass is 313 g/mol. The third-order valence-electron chi connectivity index (χ3n) is 5.22. The number of benzene rings is 1. The molecule has 0 N–H and O–H groups in total. The normalized spacial score (nSPS) is 39.5. The van der Waals surface area contributed by atoms with Crippen LogP contribution in [0, 0.1) is 35.2 Å². The van der Waals surface area contributed by atoms with E-state index in [4.69, 9.17) is 4.11 Å². The molecule has 0 bridgehead atoms. The highest BCUT2D eigenvalue weighted by Crippen LogP contribution is 2.48. The van der Waals surface area contributed by atoms with Gasteiger partial charge in [-0.15, -0.1) is 0 Å². The van der Waals surface area contributed by atoms with Crippen molar-refractivity contribution >= 4 is 0 Å². The summed E-state index contributed by atoms with van der Waals surface area (Å²) >= 11 is 0. The summed E-state index contributed by atoms with van der Waals surface area (Å²) in [5.41, 5.74) is 0.0653. The topological polar surface area (TPSA) is 0 Å². The first-order valence-corrected chi connectivity index (χ1v) is 8.32. The van der Waals surface area contributed by atoms with Crippen molar-refractivity contribution in [1.82, 2.24) is 0 Å². The van der Waals surface area contributed by atoms with E-state index in [1.807, 2.05) is 0 Å². The van der Waals surface area contributed by atoms with E-state index in [0.717, 1.165) is 44.2 Å². The highest BCUT2D eigenvalue weighted by molar-refractivity contribution is 5.24. The predicted molar refractivity (Wildman–Crippen MR) is 82.1 cm³/mol. The molecule has 0 heterocycles. The molecule has 0 spiro atoms. The molecule has 1 aromatic rings. The largest absolute Gasteiger partial charge is 0.204 e. The van der Waals surface area contributed by atoms with Crippen LogP contribution in [0.15, 0.2) is 12.1 Å². The van der Waals surface area contributed by atoms with Crippen molar-refractivity contribution in [2.45, 2.75) is 64.1 Å². The van der Waals surface area contributed by atoms with Crippen molar-refractivity contribution in [1.29, 1.82) is 0 Å². The summed E-state index contributed by atoms with van der Waals surface area (Å²) in [4.78, 5) is 0. The number of halogens is 3. The predicted octanol–water partition coefficient (Wildman–Crippen LogP) is 6.20. The molecule has 0 nitrogen and oxygen atoms in total. The lowest BCUT2D eigenvalue weighted by atomic mass is 9.63. The van der Waals surface area contributed by atoms with Gasteiger partial charge in [0, 0.05) is 4.11 Å². The van der Waals surface area contributed by atoms with Crippen molar-refractivity contribution in [2.75, 3.05) is 0 Å². The average molecular weight is 313 g/mol. The minimum atomic E-state index is -1.72. The van der Waals surface area contributed by atoms with Crippen LogP contribution in [0.3, 0.4) is 0 Å². The first kappa shape index (κ1) is 12.4. The van der Waals surface area contributed by atoms with Crippen LogP contribution in [-0.2, 0) is 0 Å². The maximum atomic E-state index is 13.6. The second-order valence-corrected chi connectivity index (χ2v) is 6.75. The maximum Gasteiger partial charge on any atom is 0.194 e. The van der Waals surface area contributed by atoms with Gasteiger partial charge < -0.3 is 0 Å². The zero-order valence-corrected chi connectivity index (χ0v) is 12.9. The van der Waals surface area contributed by atoms with Crippen LogP contribution >= 0.6 is 0 Å². The van der Waals surface area contributed by atoms with Crippen LogP contribution in [-0.4, -0.2) is 0 Å². The molecule has 3 rings (SSSR count). The van der Waals surface area contributed by atoms with Crippen molar-refractivity contribution in [3.05, 3.63) is 35.1 Å². The molecule has 0 aromatic heterocycles. The smallest absolute Gasteiger partial charge is 0.194 e. The summed E-state index contributed by atoms with van der Waals surface area (Å²) in [5, 5.41) is 0. The summed E-state index contributed by atoms with van der Waals surface area (Å²) in [6.45, 7) is 2.15. The van der Waals surface area contributed by atoms with Crippen LogP contribution in [0.25, 0.3) is 0 Å². The van der Waals surface area contributed by atoms with Gasteiger partial charge in [-0.25, -0.2) is 13.2 Å². The third-order valence-corrected chi connectivity index (χ3v) is 5.22. The molecule has 0 amide bonds. The van der Waals surface area contributed by atoms with Gasteiger partial charge in [-0.05, 0) is 73.4 Å². The molecular formula is C19H25F3. The van der Waals surface area contributed by atoms with E-state index in [2.05, 4.69) is 6.92 Å². The Hall–Kier alpha value is -0.990. The molecule has 122 valence electrons. The van der Waals surface area contributed by atoms with E-state index < -0.39 is 36.1 Å². The molecule has 22 heavy (non-hydrogen) atoms. The molecule has 3 heteroatoms. The van der Waals surface area contributed by atoms with Gasteiger partial charge in [0.2, 0.25) is 0 Å². The number of fused-ring (bicyclic) bond motifs is 1. The molecule has 0 radical (unpaired) electrons. The Kier molecular flexibility index (Phi) is 3.75. The minimum Gasteiger partial charge on any atom is -0.204 e. The Morgan fingerprint density at radius 2 is 1.82 bits per heavy atom. The SMILES string of the molecule is [2H]C1CC2CC(CCC)CCC2C([2H])([2H])C1c1cc(F)c(F)c(F)c1. The molecule has 5 atom stereocenters. The van der Waals surface area contributed by atoms with Crippen LogP contribution in [0.4, 0.5) is 13.2 Å². The molecule has 1 aromatic carbocycles. The Morgan fingerprint density at radius 3 is 2.50 bits per heavy atom. The summed E-state index contributed by atoms with van der Waals surface area (Å²) in [7, 11) is 0. The Morgan fingerprint density at radius 1 is 1.09 bits per heavy atom. The van der Waals surface area contributed by atoms with E-state index in [9.17, 15) is 13.2 Å². The zero-order valence-electron chi connectivity index (χ0n) is 15.9. The quantitative estimate of drug-likeness (QED) is 0.582. The Balaban J connectivity index is 1.90. The highest BCUT2D eigenvalue weighted by atomic mass is 19.2. The lowest BCUT2D eigenvalue weighted by Crippen LogP contribution is -2.30. The summed E-state index contributed by atoms with van der Waals surface area (Å²) < 4.78 is 66.3. The molecular weight excluding hydrogens is 285 g/mol. The second-order valence-electron chi connectivity index (χ2n) is 6.75. The minimum absolute atomic E-state index is 0.0653. The summed E-state index contributed by atoms with van der Waals surface area (Å²) in [5.74, 6) is -4.57. The van der Waals surface area contributed by atoms with Gasteiger partial charge in [0.25, 0.3) is 0 Å². The van der Waals surface area contributed by atoms with E-state index in [0.29, 0.717) is 12.3 Å². The lowest BCUT2D eigenvalue weighted by molar-refractivity contribution is 0.114. The Labute approximate surface area is 135 Å². The molecule has 2 aliphatic rings. The fourth-order valence-electron chi connectivity index (χ4n) is 4.11. The molecule has 2 aliphatic carbocycles. The highest BCUT2D eigenvalue weighted by Gasteiger charge is 2.36. The second kappa shape index (κ2) is 6.64. The van der Waals surface area contributed by atoms with Gasteiger partial charge in [-0.3, -0.25) is 0 Å². The first-order chi connectivity index (χ1) is 11.8. The Bertz CT molecular complexity index is 611. The van der Waals surface area contributed by atoms with Gasteiger partial charge in [0.15, 0.2) is 17.5 Å². The van der Waals surface area contributed by atoms with Gasteiger partial charge in [0.05, 0.1) is 0 Å². The number of rotatable bonds is 3. The van der Waals surface area contributed by atoms with Crippen LogP contribution in [0.1, 0.15) is 73.8 Å². The molecule has 0 saturated heterocycles. The van der Waals surface area contributed by atoms with Gasteiger partial charge >= 0.3 is 0 Å². The van der Waals surface area contributed by atoms with Gasteiger partial charge in [-0.1, -0.05) is 26.2 Å². The average Bonchev–Trinajstić information content (AvgIpc) is 2.52. The van der Waals surface area contributed by atoms with Crippen LogP contribution in [0.2, 0.25) is 0 Å². The number of hydrogen-bond donors (Lipinski definition) is 0. The van der Waals surface area contributed by atoms with Crippen LogP contribution in [0.5, 0.6) is 0 Å². The standard InChI is InChI=1S/C19H25F3/c1-2-3-12-4-5-14-9-15(7-6-13(14)8-12)16-10-17(20)19(22)18(21)11-16/h10-15H,2-9H2,1H3/i7D,9D2. The molecule has 2 fully saturated rings. The van der Waals surface area contributed by atoms with Gasteiger partial charge in [-0.2, -0.15) is 0 Å². The van der Waals surface area contributed by atoms with Crippen LogP contribution < -0.4 is 0 Å². The first-order valence-electron chi connectivity index (χ1n) is 9.90. The third kappa shape index (κ3) is 3.18. The van der Waals surface area contributed by atoms with Crippen molar-refractivity contribution in [2.24, 2.45) is 17.8 Å². The summed E-state index contributed by atoms with van der Waals surface area (Å²) in [6, 6.07) is 1.73. The zero-order chi connectivity index (χ0) is 18.4. The van der Waals surface area contributed by atoms with Crippen molar-refractivity contribution in [3.63, 3.8) is 0 Å². The van der Waals surface area contributed by atoms with E-state index in [-0.39, 0.29) is 17.4 Å². The maximum absolute atomic E-state index is 13.6. The van der Waals surface area contributed by atoms with Crippen molar-refractivity contribution in [3.8, 4) is 0 Å². The molecule has 0 aliphatic heterocycles. The summed E-state index contributed by atoms with van der Waals surface area (Å²) in [6.07, 6.45) is 2.93. The fourth-order valence-corrected chi connectivity index (χ4v) is 4.11. The molecule has 2 saturated carbocycles. The van der Waals surface area contributed by atoms with Crippen molar-refractivity contribution < 1.29 is 17.3 Å². The van der Waals surface area contributed by atoms with E-state index in [1.165, 1.54) is 0 Å². The van der Waals surface area contributed by atoms with Gasteiger partial charge in [0.1, 0.15) is 0 Å². The number of hydrogen-bond acceptors (Lipinski definition) is 0. The van der Waals surface area contributed by atoms with E-state index in [1.54, 1.807) is 0 Å². The fraction of sp³-hybridized carbons (Fsp3) is 0.684.